The molecule has 1 amide bonds. The maximum atomic E-state index is 12.3. The number of rotatable bonds is 8. The van der Waals surface area contributed by atoms with Gasteiger partial charge in [0.05, 0.1) is 18.9 Å². The number of ether oxygens (including phenoxy) is 2. The summed E-state index contributed by atoms with van der Waals surface area (Å²) in [7, 11) is 1.61. The van der Waals surface area contributed by atoms with E-state index in [-0.39, 0.29) is 11.6 Å². The average Bonchev–Trinajstić information content (AvgIpc) is 2.57. The zero-order valence-electron chi connectivity index (χ0n) is 13.2. The van der Waals surface area contributed by atoms with E-state index in [0.29, 0.717) is 37.1 Å². The highest BCUT2D eigenvalue weighted by Gasteiger charge is 2.11. The molecule has 2 N–H and O–H groups in total. The predicted molar refractivity (Wildman–Crippen MR) is 88.0 cm³/mol. The van der Waals surface area contributed by atoms with Crippen LogP contribution in [0.4, 0.5) is 11.6 Å². The molecule has 0 aliphatic heterocycles. The maximum Gasteiger partial charge on any atom is 0.274 e. The van der Waals surface area contributed by atoms with Crippen molar-refractivity contribution in [2.24, 2.45) is 0 Å². The standard InChI is InChI=1S/C16H20N4O3/c1-3-23-14-7-5-4-6-12(14)19-15(21)13-8-9-17-16(20-13)18-10-11-22-2/h4-9H,3,10-11H2,1-2H3,(H,19,21)(H,17,18,20). The number of hydrogen-bond acceptors (Lipinski definition) is 6. The van der Waals surface area contributed by atoms with Gasteiger partial charge in [-0.25, -0.2) is 9.97 Å². The van der Waals surface area contributed by atoms with E-state index in [1.165, 1.54) is 6.20 Å². The van der Waals surface area contributed by atoms with E-state index in [2.05, 4.69) is 20.6 Å². The maximum absolute atomic E-state index is 12.3. The molecule has 7 nitrogen and oxygen atoms in total. The Bertz CT molecular complexity index is 649. The van der Waals surface area contributed by atoms with Crippen molar-refractivity contribution in [3.8, 4) is 5.75 Å². The summed E-state index contributed by atoms with van der Waals surface area (Å²) in [5.74, 6) is 0.679. The second-order valence-corrected chi connectivity index (χ2v) is 4.57. The third-order valence-corrected chi connectivity index (χ3v) is 2.91. The third kappa shape index (κ3) is 4.93. The van der Waals surface area contributed by atoms with E-state index in [1.807, 2.05) is 19.1 Å². The fraction of sp³-hybridized carbons (Fsp3) is 0.312. The van der Waals surface area contributed by atoms with Gasteiger partial charge in [-0.05, 0) is 25.1 Å². The normalized spacial score (nSPS) is 10.2. The summed E-state index contributed by atoms with van der Waals surface area (Å²) in [4.78, 5) is 20.6. The van der Waals surface area contributed by atoms with Crippen molar-refractivity contribution in [2.45, 2.75) is 6.92 Å². The van der Waals surface area contributed by atoms with Gasteiger partial charge in [0, 0.05) is 19.9 Å². The smallest absolute Gasteiger partial charge is 0.274 e. The van der Waals surface area contributed by atoms with Gasteiger partial charge in [0.2, 0.25) is 5.95 Å². The van der Waals surface area contributed by atoms with Crippen LogP contribution in [-0.2, 0) is 4.74 Å². The Morgan fingerprint density at radius 2 is 2.09 bits per heavy atom. The number of anilines is 2. The van der Waals surface area contributed by atoms with Crippen molar-refractivity contribution in [2.75, 3.05) is 37.5 Å². The van der Waals surface area contributed by atoms with Crippen LogP contribution in [0.1, 0.15) is 17.4 Å². The Balaban J connectivity index is 2.07. The Hall–Kier alpha value is -2.67. The average molecular weight is 316 g/mol. The van der Waals surface area contributed by atoms with Crippen molar-refractivity contribution < 1.29 is 14.3 Å². The molecule has 0 radical (unpaired) electrons. The Labute approximate surface area is 135 Å². The second kappa shape index (κ2) is 8.70. The fourth-order valence-electron chi connectivity index (χ4n) is 1.87. The van der Waals surface area contributed by atoms with Gasteiger partial charge in [0.25, 0.3) is 5.91 Å². The first kappa shape index (κ1) is 16.7. The Morgan fingerprint density at radius 1 is 1.26 bits per heavy atom. The second-order valence-electron chi connectivity index (χ2n) is 4.57. The van der Waals surface area contributed by atoms with Crippen LogP contribution in [0.2, 0.25) is 0 Å². The summed E-state index contributed by atoms with van der Waals surface area (Å²) in [5, 5.41) is 5.78. The Morgan fingerprint density at radius 3 is 2.87 bits per heavy atom. The molecule has 0 saturated carbocycles. The van der Waals surface area contributed by atoms with Crippen molar-refractivity contribution >= 4 is 17.5 Å². The fourth-order valence-corrected chi connectivity index (χ4v) is 1.87. The van der Waals surface area contributed by atoms with Crippen LogP contribution >= 0.6 is 0 Å². The molecular formula is C16H20N4O3. The van der Waals surface area contributed by atoms with Crippen LogP contribution in [0.5, 0.6) is 5.75 Å². The molecule has 0 atom stereocenters. The molecule has 0 bridgehead atoms. The molecule has 0 unspecified atom stereocenters. The van der Waals surface area contributed by atoms with Crippen molar-refractivity contribution in [1.29, 1.82) is 0 Å². The van der Waals surface area contributed by atoms with Gasteiger partial charge < -0.3 is 20.1 Å². The van der Waals surface area contributed by atoms with Gasteiger partial charge >= 0.3 is 0 Å². The molecule has 0 fully saturated rings. The lowest BCUT2D eigenvalue weighted by atomic mass is 10.2. The monoisotopic (exact) mass is 316 g/mol. The topological polar surface area (TPSA) is 85.4 Å². The summed E-state index contributed by atoms with van der Waals surface area (Å²) in [6.07, 6.45) is 1.53. The molecule has 2 rings (SSSR count). The van der Waals surface area contributed by atoms with Crippen LogP contribution < -0.4 is 15.4 Å². The van der Waals surface area contributed by atoms with Gasteiger partial charge in [-0.3, -0.25) is 4.79 Å². The highest BCUT2D eigenvalue weighted by atomic mass is 16.5. The number of methoxy groups -OCH3 is 1. The molecular weight excluding hydrogens is 296 g/mol. The lowest BCUT2D eigenvalue weighted by Gasteiger charge is -2.11. The van der Waals surface area contributed by atoms with E-state index in [0.717, 1.165) is 0 Å². The first-order valence-electron chi connectivity index (χ1n) is 7.33. The summed E-state index contributed by atoms with van der Waals surface area (Å²) >= 11 is 0. The molecule has 2 aromatic rings. The van der Waals surface area contributed by atoms with E-state index < -0.39 is 0 Å². The number of hydrogen-bond donors (Lipinski definition) is 2. The summed E-state index contributed by atoms with van der Waals surface area (Å²) in [6, 6.07) is 8.82. The molecule has 0 spiro atoms. The first-order valence-corrected chi connectivity index (χ1v) is 7.33. The van der Waals surface area contributed by atoms with Crippen LogP contribution in [0, 0.1) is 0 Å². The minimum atomic E-state index is -0.325. The van der Waals surface area contributed by atoms with E-state index in [4.69, 9.17) is 9.47 Å². The molecule has 0 aliphatic carbocycles. The number of para-hydroxylation sites is 2. The SMILES string of the molecule is CCOc1ccccc1NC(=O)c1ccnc(NCCOC)n1. The molecule has 23 heavy (non-hydrogen) atoms. The summed E-state index contributed by atoms with van der Waals surface area (Å²) in [6.45, 7) is 3.51. The number of nitrogens with zero attached hydrogens (tertiary/aromatic N) is 2. The summed E-state index contributed by atoms with van der Waals surface area (Å²) < 4.78 is 10.4. The number of carbonyl (C=O) groups excluding carboxylic acids is 1. The lowest BCUT2D eigenvalue weighted by Crippen LogP contribution is -2.17. The van der Waals surface area contributed by atoms with E-state index in [9.17, 15) is 4.79 Å². The number of carbonyl (C=O) groups is 1. The molecule has 1 aromatic carbocycles. The molecule has 7 heteroatoms. The number of nitrogens with one attached hydrogen (secondary N) is 2. The molecule has 0 saturated heterocycles. The molecule has 122 valence electrons. The molecule has 1 heterocycles. The zero-order valence-corrected chi connectivity index (χ0v) is 13.2. The lowest BCUT2D eigenvalue weighted by molar-refractivity contribution is 0.102. The molecule has 1 aromatic heterocycles. The largest absolute Gasteiger partial charge is 0.492 e. The van der Waals surface area contributed by atoms with E-state index >= 15 is 0 Å². The van der Waals surface area contributed by atoms with Gasteiger partial charge in [0.15, 0.2) is 0 Å². The van der Waals surface area contributed by atoms with Crippen LogP contribution in [-0.4, -0.2) is 42.7 Å². The first-order chi connectivity index (χ1) is 11.2. The van der Waals surface area contributed by atoms with Crippen molar-refractivity contribution in [1.82, 2.24) is 9.97 Å². The van der Waals surface area contributed by atoms with Gasteiger partial charge in [-0.1, -0.05) is 12.1 Å². The zero-order chi connectivity index (χ0) is 16.5. The molecule has 0 aliphatic rings. The van der Waals surface area contributed by atoms with E-state index in [1.54, 1.807) is 25.3 Å². The van der Waals surface area contributed by atoms with Gasteiger partial charge in [-0.15, -0.1) is 0 Å². The predicted octanol–water partition coefficient (Wildman–Crippen LogP) is 2.19. The van der Waals surface area contributed by atoms with Crippen molar-refractivity contribution in [3.05, 3.63) is 42.2 Å². The van der Waals surface area contributed by atoms with Crippen molar-refractivity contribution in [3.63, 3.8) is 0 Å². The number of amides is 1. The van der Waals surface area contributed by atoms with Crippen LogP contribution in [0.3, 0.4) is 0 Å². The highest BCUT2D eigenvalue weighted by Crippen LogP contribution is 2.24. The third-order valence-electron chi connectivity index (χ3n) is 2.91. The van der Waals surface area contributed by atoms with Crippen LogP contribution in [0.15, 0.2) is 36.5 Å². The number of benzene rings is 1. The van der Waals surface area contributed by atoms with Crippen LogP contribution in [0.25, 0.3) is 0 Å². The quantitative estimate of drug-likeness (QED) is 0.726. The Kier molecular flexibility index (Phi) is 6.31. The minimum absolute atomic E-state index is 0.270. The summed E-state index contributed by atoms with van der Waals surface area (Å²) in [5.41, 5.74) is 0.873. The minimum Gasteiger partial charge on any atom is -0.492 e. The number of aromatic nitrogens is 2. The highest BCUT2D eigenvalue weighted by molar-refractivity contribution is 6.03. The van der Waals surface area contributed by atoms with Gasteiger partial charge in [0.1, 0.15) is 11.4 Å². The van der Waals surface area contributed by atoms with Gasteiger partial charge in [-0.2, -0.15) is 0 Å².